The molecule has 52 valence electrons. The molecule has 2 rings (SSSR count). The Bertz CT molecular complexity index is 227. The van der Waals surface area contributed by atoms with E-state index in [1.807, 2.05) is 18.2 Å². The van der Waals surface area contributed by atoms with Crippen molar-refractivity contribution in [3.05, 3.63) is 34.6 Å². The van der Waals surface area contributed by atoms with E-state index >= 15 is 0 Å². The highest BCUT2D eigenvalue weighted by Gasteiger charge is 2.27. The summed E-state index contributed by atoms with van der Waals surface area (Å²) in [5.74, 6) is 0.436. The van der Waals surface area contributed by atoms with Crippen LogP contribution in [-0.4, -0.2) is 4.55 Å². The molecular weight excluding hydrogens is 144 g/mol. The van der Waals surface area contributed by atoms with E-state index < -0.39 is 11.2 Å². The molecule has 2 atom stereocenters. The van der Waals surface area contributed by atoms with E-state index in [0.717, 1.165) is 11.3 Å². The first-order chi connectivity index (χ1) is 4.88. The molecule has 0 aromatic carbocycles. The van der Waals surface area contributed by atoms with Crippen LogP contribution in [0.5, 0.6) is 0 Å². The first kappa shape index (κ1) is 6.25. The molecular formula is C8H8OS. The molecule has 0 aromatic rings. The van der Waals surface area contributed by atoms with E-state index in [9.17, 15) is 4.55 Å². The Morgan fingerprint density at radius 3 is 3.30 bits per heavy atom. The third-order valence-electron chi connectivity index (χ3n) is 1.82. The molecule has 2 heteroatoms. The lowest BCUT2D eigenvalue weighted by molar-refractivity contribution is 0.606. The molecule has 0 amide bonds. The third kappa shape index (κ3) is 0.842. The summed E-state index contributed by atoms with van der Waals surface area (Å²) < 4.78 is 11.1. The lowest BCUT2D eigenvalue weighted by Gasteiger charge is -2.10. The maximum absolute atomic E-state index is 11.1. The second-order valence-electron chi connectivity index (χ2n) is 2.47. The average molecular weight is 152 g/mol. The van der Waals surface area contributed by atoms with Crippen LogP contribution in [0, 0.1) is 5.92 Å². The molecule has 10 heavy (non-hydrogen) atoms. The summed E-state index contributed by atoms with van der Waals surface area (Å²) in [7, 11) is 0. The predicted octanol–water partition coefficient (Wildman–Crippen LogP) is 1.72. The highest BCUT2D eigenvalue weighted by molar-refractivity contribution is 7.98. The summed E-state index contributed by atoms with van der Waals surface area (Å²) in [5.41, 5.74) is 0. The zero-order valence-corrected chi connectivity index (χ0v) is 6.30. The molecule has 1 aliphatic carbocycles. The Balaban J connectivity index is 2.32. The van der Waals surface area contributed by atoms with Gasteiger partial charge in [-0.3, -0.25) is 0 Å². The van der Waals surface area contributed by atoms with Crippen LogP contribution in [0.1, 0.15) is 6.42 Å². The smallest absolute Gasteiger partial charge is 0.142 e. The fourth-order valence-electron chi connectivity index (χ4n) is 1.26. The minimum atomic E-state index is -0.810. The molecule has 0 bridgehead atoms. The molecule has 1 heterocycles. The van der Waals surface area contributed by atoms with Gasteiger partial charge in [0.1, 0.15) is 10.3 Å². The van der Waals surface area contributed by atoms with Gasteiger partial charge in [-0.1, -0.05) is 12.2 Å². The molecule has 2 unspecified atom stereocenters. The van der Waals surface area contributed by atoms with Gasteiger partial charge < -0.3 is 4.55 Å². The summed E-state index contributed by atoms with van der Waals surface area (Å²) in [6.07, 6.45) is 9.11. The zero-order chi connectivity index (χ0) is 6.97. The number of hydrogen-bond donors (Lipinski definition) is 0. The lowest BCUT2D eigenvalue weighted by atomic mass is 10.0. The van der Waals surface area contributed by atoms with Crippen molar-refractivity contribution in [3.63, 3.8) is 0 Å². The summed E-state index contributed by atoms with van der Waals surface area (Å²) >= 11 is -0.810. The minimum Gasteiger partial charge on any atom is -0.607 e. The number of hydrogen-bond acceptors (Lipinski definition) is 1. The Kier molecular flexibility index (Phi) is 1.43. The molecule has 0 spiro atoms. The van der Waals surface area contributed by atoms with Crippen molar-refractivity contribution in [1.29, 1.82) is 0 Å². The van der Waals surface area contributed by atoms with Crippen LogP contribution in [0.3, 0.4) is 0 Å². The highest BCUT2D eigenvalue weighted by atomic mass is 32.2. The summed E-state index contributed by atoms with van der Waals surface area (Å²) in [6.45, 7) is 0. The van der Waals surface area contributed by atoms with Gasteiger partial charge in [0.05, 0.1) is 5.92 Å². The van der Waals surface area contributed by atoms with Crippen molar-refractivity contribution in [2.24, 2.45) is 5.92 Å². The van der Waals surface area contributed by atoms with Crippen molar-refractivity contribution in [3.8, 4) is 0 Å². The van der Waals surface area contributed by atoms with Gasteiger partial charge in [-0.05, 0) is 18.6 Å². The second-order valence-corrected chi connectivity index (χ2v) is 3.80. The molecule has 0 saturated heterocycles. The van der Waals surface area contributed by atoms with E-state index in [0.29, 0.717) is 5.92 Å². The van der Waals surface area contributed by atoms with Crippen LogP contribution in [0.15, 0.2) is 34.6 Å². The van der Waals surface area contributed by atoms with E-state index in [1.54, 1.807) is 5.41 Å². The molecule has 0 aromatic heterocycles. The predicted molar refractivity (Wildman–Crippen MR) is 42.6 cm³/mol. The van der Waals surface area contributed by atoms with Gasteiger partial charge in [-0.2, -0.15) is 0 Å². The molecule has 0 saturated carbocycles. The van der Waals surface area contributed by atoms with E-state index in [-0.39, 0.29) is 0 Å². The maximum Gasteiger partial charge on any atom is 0.142 e. The number of rotatable bonds is 0. The van der Waals surface area contributed by atoms with Crippen LogP contribution in [-0.2, 0) is 11.2 Å². The van der Waals surface area contributed by atoms with Gasteiger partial charge in [0.15, 0.2) is 0 Å². The largest absolute Gasteiger partial charge is 0.607 e. The molecule has 0 N–H and O–H groups in total. The standard InChI is InChI=1S/C8H8OS/c9-10-6-5-7-3-1-2-4-8(7)10/h1-2,4-7H,3H2. The Hall–Kier alpha value is -0.470. The van der Waals surface area contributed by atoms with Gasteiger partial charge in [-0.25, -0.2) is 0 Å². The van der Waals surface area contributed by atoms with Crippen LogP contribution in [0.25, 0.3) is 0 Å². The van der Waals surface area contributed by atoms with Crippen molar-refractivity contribution < 1.29 is 4.55 Å². The van der Waals surface area contributed by atoms with Crippen LogP contribution in [0.4, 0.5) is 0 Å². The first-order valence-electron chi connectivity index (χ1n) is 3.33. The number of allylic oxidation sites excluding steroid dienone is 5. The third-order valence-corrected chi connectivity index (χ3v) is 3.13. The van der Waals surface area contributed by atoms with Crippen molar-refractivity contribution in [2.75, 3.05) is 0 Å². The summed E-state index contributed by atoms with van der Waals surface area (Å²) in [6, 6.07) is 0. The van der Waals surface area contributed by atoms with Crippen molar-refractivity contribution in [2.45, 2.75) is 6.42 Å². The SMILES string of the molecule is [O-][S+]1C=CC2CC=CC=C21. The highest BCUT2D eigenvalue weighted by Crippen LogP contribution is 2.32. The van der Waals surface area contributed by atoms with Crippen LogP contribution < -0.4 is 0 Å². The van der Waals surface area contributed by atoms with Gasteiger partial charge in [0.2, 0.25) is 0 Å². The second kappa shape index (κ2) is 2.29. The normalized spacial score (nSPS) is 35.9. The van der Waals surface area contributed by atoms with Gasteiger partial charge >= 0.3 is 0 Å². The van der Waals surface area contributed by atoms with E-state index in [2.05, 4.69) is 6.08 Å². The van der Waals surface area contributed by atoms with Crippen molar-refractivity contribution >= 4 is 11.2 Å². The molecule has 2 aliphatic rings. The molecule has 0 radical (unpaired) electrons. The van der Waals surface area contributed by atoms with E-state index in [4.69, 9.17) is 0 Å². The van der Waals surface area contributed by atoms with Crippen LogP contribution in [0.2, 0.25) is 0 Å². The molecule has 1 aliphatic heterocycles. The van der Waals surface area contributed by atoms with Crippen LogP contribution >= 0.6 is 0 Å². The first-order valence-corrected chi connectivity index (χ1v) is 4.55. The Morgan fingerprint density at radius 2 is 2.50 bits per heavy atom. The zero-order valence-electron chi connectivity index (χ0n) is 5.49. The average Bonchev–Trinajstić information content (AvgIpc) is 2.34. The van der Waals surface area contributed by atoms with Gasteiger partial charge in [0.25, 0.3) is 0 Å². The fraction of sp³-hybridized carbons (Fsp3) is 0.250. The Labute approximate surface area is 63.3 Å². The van der Waals surface area contributed by atoms with Crippen molar-refractivity contribution in [1.82, 2.24) is 0 Å². The fourth-order valence-corrected chi connectivity index (χ4v) is 2.44. The Morgan fingerprint density at radius 1 is 1.60 bits per heavy atom. The summed E-state index contributed by atoms with van der Waals surface area (Å²) in [5, 5.41) is 1.78. The van der Waals surface area contributed by atoms with Gasteiger partial charge in [0, 0.05) is 11.2 Å². The monoisotopic (exact) mass is 152 g/mol. The maximum atomic E-state index is 11.1. The lowest BCUT2D eigenvalue weighted by Crippen LogP contribution is -2.04. The van der Waals surface area contributed by atoms with E-state index in [1.165, 1.54) is 0 Å². The quantitative estimate of drug-likeness (QED) is 0.485. The molecule has 1 nitrogen and oxygen atoms in total. The minimum absolute atomic E-state index is 0.436. The molecule has 0 fully saturated rings. The number of fused-ring (bicyclic) bond motifs is 1. The topological polar surface area (TPSA) is 23.1 Å². The summed E-state index contributed by atoms with van der Waals surface area (Å²) in [4.78, 5) is 1.07. The van der Waals surface area contributed by atoms with Gasteiger partial charge in [-0.15, -0.1) is 0 Å².